The molecule has 0 saturated carbocycles. The summed E-state index contributed by atoms with van der Waals surface area (Å²) in [6.45, 7) is 4.23. The lowest BCUT2D eigenvalue weighted by Gasteiger charge is -2.19. The highest BCUT2D eigenvalue weighted by molar-refractivity contribution is 5.93. The molecule has 5 nitrogen and oxygen atoms in total. The van der Waals surface area contributed by atoms with E-state index in [1.54, 1.807) is 36.3 Å². The van der Waals surface area contributed by atoms with E-state index in [0.717, 1.165) is 23.2 Å². The number of aryl methyl sites for hydroxylation is 1. The number of carbonyl (C=O) groups is 1. The average Bonchev–Trinajstić information content (AvgIpc) is 3.00. The lowest BCUT2D eigenvalue weighted by atomic mass is 9.99. The maximum Gasteiger partial charge on any atom is 0.270 e. The zero-order valence-corrected chi connectivity index (χ0v) is 15.7. The van der Waals surface area contributed by atoms with Crippen LogP contribution in [0.15, 0.2) is 54.9 Å². The third-order valence-corrected chi connectivity index (χ3v) is 4.30. The minimum absolute atomic E-state index is 0.230. The summed E-state index contributed by atoms with van der Waals surface area (Å²) in [6, 6.07) is 11.2. The number of hydrogen-bond acceptors (Lipinski definition) is 3. The normalized spacial score (nSPS) is 12.2. The quantitative estimate of drug-likeness (QED) is 0.724. The number of nitrogens with zero attached hydrogens (tertiary/aromatic N) is 3. The molecular formula is C21H23FN4O. The molecule has 0 aliphatic carbocycles. The van der Waals surface area contributed by atoms with Gasteiger partial charge in [0.05, 0.1) is 11.7 Å². The van der Waals surface area contributed by atoms with E-state index in [9.17, 15) is 9.18 Å². The predicted octanol–water partition coefficient (Wildman–Crippen LogP) is 3.67. The fourth-order valence-corrected chi connectivity index (χ4v) is 3.03. The maximum absolute atomic E-state index is 13.3. The summed E-state index contributed by atoms with van der Waals surface area (Å²) in [5.74, 6) is -0.0887. The molecule has 2 heterocycles. The van der Waals surface area contributed by atoms with Crippen LogP contribution in [0.5, 0.6) is 0 Å². The van der Waals surface area contributed by atoms with Crippen LogP contribution in [0.25, 0.3) is 0 Å². The zero-order chi connectivity index (χ0) is 19.4. The zero-order valence-electron chi connectivity index (χ0n) is 15.7. The molecule has 3 rings (SSSR count). The number of benzene rings is 1. The van der Waals surface area contributed by atoms with Gasteiger partial charge in [-0.2, -0.15) is 5.10 Å². The average molecular weight is 366 g/mol. The van der Waals surface area contributed by atoms with Crippen molar-refractivity contribution in [2.45, 2.75) is 26.3 Å². The van der Waals surface area contributed by atoms with Gasteiger partial charge < -0.3 is 5.32 Å². The van der Waals surface area contributed by atoms with Gasteiger partial charge in [0.2, 0.25) is 0 Å². The van der Waals surface area contributed by atoms with E-state index in [1.807, 2.05) is 18.2 Å². The van der Waals surface area contributed by atoms with Crippen LogP contribution in [0.3, 0.4) is 0 Å². The highest BCUT2D eigenvalue weighted by Crippen LogP contribution is 2.22. The molecule has 1 atom stereocenters. The Balaban J connectivity index is 1.89. The Kier molecular flexibility index (Phi) is 5.64. The molecule has 0 radical (unpaired) electrons. The number of amides is 1. The molecule has 140 valence electrons. The van der Waals surface area contributed by atoms with Gasteiger partial charge in [-0.25, -0.2) is 4.39 Å². The van der Waals surface area contributed by atoms with E-state index >= 15 is 0 Å². The van der Waals surface area contributed by atoms with Crippen molar-refractivity contribution >= 4 is 5.91 Å². The van der Waals surface area contributed by atoms with Crippen molar-refractivity contribution in [3.8, 4) is 0 Å². The summed E-state index contributed by atoms with van der Waals surface area (Å²) in [7, 11) is 1.76. The number of pyridine rings is 1. The molecule has 1 N–H and O–H groups in total. The third-order valence-electron chi connectivity index (χ3n) is 4.30. The van der Waals surface area contributed by atoms with Gasteiger partial charge in [-0.05, 0) is 53.8 Å². The number of hydrogen-bond donors (Lipinski definition) is 1. The van der Waals surface area contributed by atoms with Crippen molar-refractivity contribution in [2.24, 2.45) is 13.0 Å². The second-order valence-electron chi connectivity index (χ2n) is 6.98. The van der Waals surface area contributed by atoms with Crippen molar-refractivity contribution in [3.63, 3.8) is 0 Å². The van der Waals surface area contributed by atoms with Gasteiger partial charge in [0.1, 0.15) is 11.5 Å². The van der Waals surface area contributed by atoms with Crippen molar-refractivity contribution in [1.82, 2.24) is 20.1 Å². The molecule has 0 saturated heterocycles. The van der Waals surface area contributed by atoms with Crippen molar-refractivity contribution in [3.05, 3.63) is 83.2 Å². The first-order chi connectivity index (χ1) is 12.9. The molecule has 1 unspecified atom stereocenters. The first kappa shape index (κ1) is 18.8. The maximum atomic E-state index is 13.3. The molecule has 2 aromatic heterocycles. The van der Waals surface area contributed by atoms with E-state index in [1.165, 1.54) is 12.1 Å². The van der Waals surface area contributed by atoms with Gasteiger partial charge in [0.15, 0.2) is 0 Å². The fourth-order valence-electron chi connectivity index (χ4n) is 3.03. The van der Waals surface area contributed by atoms with Crippen LogP contribution >= 0.6 is 0 Å². The number of aromatic nitrogens is 3. The Morgan fingerprint density at radius 3 is 2.37 bits per heavy atom. The SMILES string of the molecule is CC(C)Cc1cc(C(=O)NC(c2ccncc2)c2ccc(F)cc2)n(C)n1. The summed E-state index contributed by atoms with van der Waals surface area (Å²) >= 11 is 0. The lowest BCUT2D eigenvalue weighted by molar-refractivity contribution is 0.0933. The van der Waals surface area contributed by atoms with Gasteiger partial charge in [-0.1, -0.05) is 26.0 Å². The Morgan fingerprint density at radius 1 is 1.11 bits per heavy atom. The highest BCUT2D eigenvalue weighted by Gasteiger charge is 2.21. The predicted molar refractivity (Wildman–Crippen MR) is 102 cm³/mol. The molecule has 0 bridgehead atoms. The molecule has 1 amide bonds. The van der Waals surface area contributed by atoms with Gasteiger partial charge in [0, 0.05) is 19.4 Å². The number of rotatable bonds is 6. The first-order valence-corrected chi connectivity index (χ1v) is 8.93. The Hall–Kier alpha value is -3.02. The van der Waals surface area contributed by atoms with Crippen molar-refractivity contribution < 1.29 is 9.18 Å². The summed E-state index contributed by atoms with van der Waals surface area (Å²) in [5, 5.41) is 7.48. The van der Waals surface area contributed by atoms with Crippen molar-refractivity contribution in [1.29, 1.82) is 0 Å². The molecule has 3 aromatic rings. The second-order valence-corrected chi connectivity index (χ2v) is 6.98. The van der Waals surface area contributed by atoms with E-state index in [0.29, 0.717) is 11.6 Å². The monoisotopic (exact) mass is 366 g/mol. The number of nitrogens with one attached hydrogen (secondary N) is 1. The van der Waals surface area contributed by atoms with Crippen LogP contribution < -0.4 is 5.32 Å². The van der Waals surface area contributed by atoms with E-state index in [-0.39, 0.29) is 11.7 Å². The second kappa shape index (κ2) is 8.12. The Bertz CT molecular complexity index is 904. The minimum Gasteiger partial charge on any atom is -0.340 e. The molecule has 1 aromatic carbocycles. The minimum atomic E-state index is -0.412. The molecule has 0 aliphatic rings. The molecule has 6 heteroatoms. The molecular weight excluding hydrogens is 343 g/mol. The van der Waals surface area contributed by atoms with Gasteiger partial charge in [-0.3, -0.25) is 14.5 Å². The van der Waals surface area contributed by atoms with Gasteiger partial charge >= 0.3 is 0 Å². The van der Waals surface area contributed by atoms with Crippen molar-refractivity contribution in [2.75, 3.05) is 0 Å². The smallest absolute Gasteiger partial charge is 0.270 e. The van der Waals surface area contributed by atoms with Crippen LogP contribution in [0.1, 0.15) is 47.2 Å². The van der Waals surface area contributed by atoms with E-state index in [4.69, 9.17) is 0 Å². The van der Waals surface area contributed by atoms with Gasteiger partial charge in [0.25, 0.3) is 5.91 Å². The third kappa shape index (κ3) is 4.58. The topological polar surface area (TPSA) is 59.8 Å². The molecule has 0 fully saturated rings. The van der Waals surface area contributed by atoms with Gasteiger partial charge in [-0.15, -0.1) is 0 Å². The summed E-state index contributed by atoms with van der Waals surface area (Å²) in [6.07, 6.45) is 4.15. The summed E-state index contributed by atoms with van der Waals surface area (Å²) in [5.41, 5.74) is 3.04. The lowest BCUT2D eigenvalue weighted by Crippen LogP contribution is -2.30. The largest absolute Gasteiger partial charge is 0.340 e. The number of carbonyl (C=O) groups excluding carboxylic acids is 1. The standard InChI is InChI=1S/C21H23FN4O/c1-14(2)12-18-13-19(26(3)25-18)21(27)24-20(16-8-10-23-11-9-16)15-4-6-17(22)7-5-15/h4-11,13-14,20H,12H2,1-3H3,(H,24,27). The first-order valence-electron chi connectivity index (χ1n) is 8.93. The summed E-state index contributed by atoms with van der Waals surface area (Å²) < 4.78 is 14.9. The fraction of sp³-hybridized carbons (Fsp3) is 0.286. The van der Waals surface area contributed by atoms with Crippen LogP contribution in [-0.2, 0) is 13.5 Å². The highest BCUT2D eigenvalue weighted by atomic mass is 19.1. The van der Waals surface area contributed by atoms with Crippen LogP contribution in [-0.4, -0.2) is 20.7 Å². The van der Waals surface area contributed by atoms with Crippen LogP contribution in [0.4, 0.5) is 4.39 Å². The Labute approximate surface area is 158 Å². The van der Waals surface area contributed by atoms with Crippen LogP contribution in [0, 0.1) is 11.7 Å². The Morgan fingerprint density at radius 2 is 1.74 bits per heavy atom. The summed E-state index contributed by atoms with van der Waals surface area (Å²) in [4.78, 5) is 17.0. The molecule has 0 aliphatic heterocycles. The molecule has 27 heavy (non-hydrogen) atoms. The molecule has 0 spiro atoms. The van der Waals surface area contributed by atoms with E-state index < -0.39 is 6.04 Å². The van der Waals surface area contributed by atoms with E-state index in [2.05, 4.69) is 29.2 Å². The number of halogens is 1. The van der Waals surface area contributed by atoms with Crippen LogP contribution in [0.2, 0.25) is 0 Å².